The quantitative estimate of drug-likeness (QED) is 0.735. The summed E-state index contributed by atoms with van der Waals surface area (Å²) in [5, 5.41) is 0. The molecule has 3 rings (SSSR count). The Balaban J connectivity index is 1.94. The van der Waals surface area contributed by atoms with E-state index in [2.05, 4.69) is 4.57 Å². The molecule has 1 aromatic carbocycles. The minimum Gasteiger partial charge on any atom is -0.383 e. The van der Waals surface area contributed by atoms with E-state index in [4.69, 9.17) is 4.74 Å². The number of Topliss-reactive ketones (excluding diaryl/α,β-unsaturated/α-hetero) is 1. The Hall–Kier alpha value is -2.47. The average molecular weight is 386 g/mol. The Labute approximate surface area is 165 Å². The van der Waals surface area contributed by atoms with Crippen LogP contribution in [0.3, 0.4) is 0 Å². The molecule has 1 heterocycles. The molecule has 6 heteroatoms. The fourth-order valence-electron chi connectivity index (χ4n) is 3.83. The highest BCUT2D eigenvalue weighted by molar-refractivity contribution is 6.01. The number of aromatic nitrogens is 1. The molecule has 2 aromatic rings. The number of likely N-dealkylation sites (N-methyl/N-ethyl adjacent to an activating group) is 1. The van der Waals surface area contributed by atoms with E-state index in [1.807, 2.05) is 6.92 Å². The van der Waals surface area contributed by atoms with Crippen LogP contribution in [0.15, 0.2) is 24.3 Å². The molecule has 0 atom stereocenters. The van der Waals surface area contributed by atoms with E-state index >= 15 is 0 Å². The first kappa shape index (κ1) is 20.3. The van der Waals surface area contributed by atoms with Crippen LogP contribution in [-0.4, -0.2) is 48.5 Å². The lowest BCUT2D eigenvalue weighted by Gasteiger charge is -2.17. The van der Waals surface area contributed by atoms with Crippen LogP contribution in [0.4, 0.5) is 4.39 Å². The summed E-state index contributed by atoms with van der Waals surface area (Å²) < 4.78 is 20.4. The number of hydrogen-bond acceptors (Lipinski definition) is 3. The lowest BCUT2D eigenvalue weighted by Crippen LogP contribution is -2.31. The fraction of sp³-hybridized carbons (Fsp3) is 0.455. The summed E-state index contributed by atoms with van der Waals surface area (Å²) in [4.78, 5) is 27.0. The van der Waals surface area contributed by atoms with Crippen LogP contribution in [0, 0.1) is 12.7 Å². The van der Waals surface area contributed by atoms with Crippen molar-refractivity contribution in [3.8, 4) is 0 Å². The molecule has 1 aliphatic carbocycles. The first-order chi connectivity index (χ1) is 13.4. The summed E-state index contributed by atoms with van der Waals surface area (Å²) in [6.07, 6.45) is 2.36. The molecule has 0 saturated heterocycles. The molecule has 0 fully saturated rings. The van der Waals surface area contributed by atoms with Crippen molar-refractivity contribution in [2.24, 2.45) is 0 Å². The molecule has 0 radical (unpaired) electrons. The Morgan fingerprint density at radius 2 is 1.96 bits per heavy atom. The van der Waals surface area contributed by atoms with Crippen molar-refractivity contribution in [3.63, 3.8) is 0 Å². The monoisotopic (exact) mass is 386 g/mol. The molecule has 5 nitrogen and oxygen atoms in total. The Kier molecular flexibility index (Phi) is 6.29. The van der Waals surface area contributed by atoms with Gasteiger partial charge in [-0.15, -0.1) is 0 Å². The van der Waals surface area contributed by atoms with Crippen LogP contribution < -0.4 is 0 Å². The number of hydrogen-bond donors (Lipinski definition) is 0. The molecule has 0 spiro atoms. The topological polar surface area (TPSA) is 51.5 Å². The minimum absolute atomic E-state index is 0.0275. The van der Waals surface area contributed by atoms with Crippen molar-refractivity contribution in [2.75, 3.05) is 27.3 Å². The maximum absolute atomic E-state index is 13.2. The second-order valence-corrected chi connectivity index (χ2v) is 7.36. The SMILES string of the molecule is COCCN(C)C(=O)Cc1c2c(n(Cc3ccc(F)cc3)c1C)CCCC2=O. The number of fused-ring (bicyclic) bond motifs is 1. The first-order valence-corrected chi connectivity index (χ1v) is 9.63. The van der Waals surface area contributed by atoms with E-state index < -0.39 is 0 Å². The van der Waals surface area contributed by atoms with Gasteiger partial charge in [0.15, 0.2) is 5.78 Å². The second-order valence-electron chi connectivity index (χ2n) is 7.36. The van der Waals surface area contributed by atoms with E-state index in [-0.39, 0.29) is 23.9 Å². The molecule has 0 unspecified atom stereocenters. The molecule has 1 amide bonds. The number of methoxy groups -OCH3 is 1. The summed E-state index contributed by atoms with van der Waals surface area (Å²) in [7, 11) is 3.35. The molecule has 1 aromatic heterocycles. The zero-order valence-electron chi connectivity index (χ0n) is 16.8. The standard InChI is InChI=1S/C22H27FN2O3/c1-15-18(13-21(27)24(2)11-12-28-3)22-19(5-4-6-20(22)26)25(15)14-16-7-9-17(23)10-8-16/h7-10H,4-6,11-14H2,1-3H3. The van der Waals surface area contributed by atoms with Crippen molar-refractivity contribution in [3.05, 3.63) is 58.2 Å². The third-order valence-electron chi connectivity index (χ3n) is 5.49. The van der Waals surface area contributed by atoms with Gasteiger partial charge in [0.2, 0.25) is 5.91 Å². The Morgan fingerprint density at radius 3 is 2.64 bits per heavy atom. The number of amides is 1. The first-order valence-electron chi connectivity index (χ1n) is 9.63. The molecule has 0 bridgehead atoms. The van der Waals surface area contributed by atoms with Gasteiger partial charge < -0.3 is 14.2 Å². The number of halogens is 1. The van der Waals surface area contributed by atoms with Crippen molar-refractivity contribution in [1.29, 1.82) is 0 Å². The number of benzene rings is 1. The normalized spacial score (nSPS) is 13.5. The van der Waals surface area contributed by atoms with E-state index in [0.717, 1.165) is 40.9 Å². The largest absolute Gasteiger partial charge is 0.383 e. The van der Waals surface area contributed by atoms with Crippen molar-refractivity contribution in [2.45, 2.75) is 39.2 Å². The van der Waals surface area contributed by atoms with Crippen molar-refractivity contribution < 1.29 is 18.7 Å². The van der Waals surface area contributed by atoms with Gasteiger partial charge in [-0.25, -0.2) is 4.39 Å². The van der Waals surface area contributed by atoms with Crippen LogP contribution in [0.25, 0.3) is 0 Å². The highest BCUT2D eigenvalue weighted by Gasteiger charge is 2.29. The van der Waals surface area contributed by atoms with Crippen LogP contribution in [0.2, 0.25) is 0 Å². The summed E-state index contributed by atoms with van der Waals surface area (Å²) >= 11 is 0. The molecule has 0 aliphatic heterocycles. The van der Waals surface area contributed by atoms with Gasteiger partial charge in [-0.3, -0.25) is 9.59 Å². The number of ketones is 1. The predicted molar refractivity (Wildman–Crippen MR) is 105 cm³/mol. The fourth-order valence-corrected chi connectivity index (χ4v) is 3.83. The smallest absolute Gasteiger partial charge is 0.226 e. The Morgan fingerprint density at radius 1 is 1.25 bits per heavy atom. The number of carbonyl (C=O) groups excluding carboxylic acids is 2. The summed E-state index contributed by atoms with van der Waals surface area (Å²) in [6.45, 7) is 3.52. The van der Waals surface area contributed by atoms with Gasteiger partial charge in [0, 0.05) is 50.6 Å². The molecule has 1 aliphatic rings. The maximum atomic E-state index is 13.2. The molecule has 150 valence electrons. The van der Waals surface area contributed by atoms with E-state index in [0.29, 0.717) is 26.1 Å². The number of carbonyl (C=O) groups is 2. The predicted octanol–water partition coefficient (Wildman–Crippen LogP) is 3.15. The summed E-state index contributed by atoms with van der Waals surface area (Å²) in [5.41, 5.74) is 4.46. The highest BCUT2D eigenvalue weighted by Crippen LogP contribution is 2.31. The lowest BCUT2D eigenvalue weighted by atomic mass is 9.92. The van der Waals surface area contributed by atoms with E-state index in [1.54, 1.807) is 31.2 Å². The van der Waals surface area contributed by atoms with Gasteiger partial charge in [0.1, 0.15) is 5.82 Å². The van der Waals surface area contributed by atoms with Crippen molar-refractivity contribution >= 4 is 11.7 Å². The number of ether oxygens (including phenoxy) is 1. The number of nitrogens with zero attached hydrogens (tertiary/aromatic N) is 2. The lowest BCUT2D eigenvalue weighted by molar-refractivity contribution is -0.129. The van der Waals surface area contributed by atoms with Crippen molar-refractivity contribution in [1.82, 2.24) is 9.47 Å². The van der Waals surface area contributed by atoms with Gasteiger partial charge in [-0.1, -0.05) is 12.1 Å². The van der Waals surface area contributed by atoms with Gasteiger partial charge in [0.05, 0.1) is 13.0 Å². The minimum atomic E-state index is -0.268. The molecular formula is C22H27FN2O3. The van der Waals surface area contributed by atoms with Gasteiger partial charge in [-0.05, 0) is 43.0 Å². The summed E-state index contributed by atoms with van der Waals surface area (Å²) in [5.74, 6) is -0.180. The van der Waals surface area contributed by atoms with Gasteiger partial charge >= 0.3 is 0 Å². The third kappa shape index (κ3) is 4.17. The van der Waals surface area contributed by atoms with E-state index in [1.165, 1.54) is 12.1 Å². The summed E-state index contributed by atoms with van der Waals surface area (Å²) in [6, 6.07) is 6.41. The van der Waals surface area contributed by atoms with Gasteiger partial charge in [0.25, 0.3) is 0 Å². The third-order valence-corrected chi connectivity index (χ3v) is 5.49. The molecule has 0 saturated carbocycles. The zero-order chi connectivity index (χ0) is 20.3. The van der Waals surface area contributed by atoms with Crippen LogP contribution in [0.5, 0.6) is 0 Å². The molecule has 28 heavy (non-hydrogen) atoms. The van der Waals surface area contributed by atoms with Gasteiger partial charge in [-0.2, -0.15) is 0 Å². The maximum Gasteiger partial charge on any atom is 0.226 e. The Bertz CT molecular complexity index is 871. The highest BCUT2D eigenvalue weighted by atomic mass is 19.1. The van der Waals surface area contributed by atoms with Crippen LogP contribution in [0.1, 0.15) is 45.7 Å². The molecule has 0 N–H and O–H groups in total. The van der Waals surface area contributed by atoms with Crippen LogP contribution >= 0.6 is 0 Å². The zero-order valence-corrected chi connectivity index (χ0v) is 16.8. The second kappa shape index (κ2) is 8.69. The van der Waals surface area contributed by atoms with E-state index in [9.17, 15) is 14.0 Å². The van der Waals surface area contributed by atoms with Crippen LogP contribution in [-0.2, 0) is 28.9 Å². The number of rotatable bonds is 7. The average Bonchev–Trinajstić information content (AvgIpc) is 2.94. The molecular weight excluding hydrogens is 359 g/mol.